The molecule has 1 aromatic carbocycles. The van der Waals surface area contributed by atoms with Crippen molar-refractivity contribution in [3.05, 3.63) is 34.3 Å². The molecule has 0 aromatic heterocycles. The Morgan fingerprint density at radius 2 is 1.82 bits per heavy atom. The van der Waals surface area contributed by atoms with Gasteiger partial charge in [0.2, 0.25) is 0 Å². The molecule has 2 unspecified atom stereocenters. The lowest BCUT2D eigenvalue weighted by molar-refractivity contribution is 0.0515. The molecule has 0 bridgehead atoms. The molecule has 3 rings (SSSR count). The molecule has 0 aliphatic carbocycles. The monoisotopic (exact) mass is 293 g/mol. The number of piperidine rings is 2. The number of rotatable bonds is 1. The van der Waals surface area contributed by atoms with Crippen LogP contribution < -0.4 is 0 Å². The van der Waals surface area contributed by atoms with E-state index >= 15 is 0 Å². The fourth-order valence-electron chi connectivity index (χ4n) is 3.54. The summed E-state index contributed by atoms with van der Waals surface area (Å²) in [7, 11) is 0. The van der Waals surface area contributed by atoms with E-state index in [-0.39, 0.29) is 0 Å². The number of fused-ring (bicyclic) bond motifs is 1. The van der Waals surface area contributed by atoms with Gasteiger partial charge in [0.1, 0.15) is 0 Å². The standard InChI is InChI=1S/C15H20BrN/c16-14-9-2-1-8-13(14)15-10-5-7-12-6-3-4-11-17(12)15/h1-2,8-9,12,15H,3-7,10-11H2. The van der Waals surface area contributed by atoms with E-state index < -0.39 is 0 Å². The molecule has 2 aliphatic rings. The number of nitrogens with zero attached hydrogens (tertiary/aromatic N) is 1. The summed E-state index contributed by atoms with van der Waals surface area (Å²) < 4.78 is 1.29. The quantitative estimate of drug-likeness (QED) is 0.735. The number of hydrogen-bond donors (Lipinski definition) is 0. The highest BCUT2D eigenvalue weighted by molar-refractivity contribution is 9.10. The molecule has 2 saturated heterocycles. The summed E-state index contributed by atoms with van der Waals surface area (Å²) in [5.41, 5.74) is 1.50. The van der Waals surface area contributed by atoms with Crippen LogP contribution >= 0.6 is 15.9 Å². The molecular weight excluding hydrogens is 274 g/mol. The third-order valence-electron chi connectivity index (χ3n) is 4.35. The first-order chi connectivity index (χ1) is 8.36. The van der Waals surface area contributed by atoms with E-state index in [1.165, 1.54) is 55.1 Å². The topological polar surface area (TPSA) is 3.24 Å². The number of halogens is 1. The second kappa shape index (κ2) is 5.11. The van der Waals surface area contributed by atoms with E-state index in [2.05, 4.69) is 45.1 Å². The maximum atomic E-state index is 3.72. The van der Waals surface area contributed by atoms with Gasteiger partial charge in [-0.15, -0.1) is 0 Å². The van der Waals surface area contributed by atoms with Crippen LogP contribution in [-0.2, 0) is 0 Å². The van der Waals surface area contributed by atoms with Crippen molar-refractivity contribution in [2.75, 3.05) is 6.54 Å². The Hall–Kier alpha value is -0.340. The molecule has 2 atom stereocenters. The molecule has 2 fully saturated rings. The number of hydrogen-bond acceptors (Lipinski definition) is 1. The van der Waals surface area contributed by atoms with E-state index in [1.807, 2.05) is 0 Å². The molecule has 0 amide bonds. The summed E-state index contributed by atoms with van der Waals surface area (Å²) >= 11 is 3.72. The predicted molar refractivity (Wildman–Crippen MR) is 75.1 cm³/mol. The molecule has 0 saturated carbocycles. The lowest BCUT2D eigenvalue weighted by Gasteiger charge is -2.45. The third-order valence-corrected chi connectivity index (χ3v) is 5.07. The molecule has 2 aliphatic heterocycles. The predicted octanol–water partition coefficient (Wildman–Crippen LogP) is 4.53. The van der Waals surface area contributed by atoms with Gasteiger partial charge in [0.15, 0.2) is 0 Å². The summed E-state index contributed by atoms with van der Waals surface area (Å²) in [6, 6.07) is 10.3. The Morgan fingerprint density at radius 1 is 1.00 bits per heavy atom. The summed E-state index contributed by atoms with van der Waals surface area (Å²) in [5, 5.41) is 0. The van der Waals surface area contributed by atoms with E-state index in [4.69, 9.17) is 0 Å². The van der Waals surface area contributed by atoms with Crippen LogP contribution in [0.25, 0.3) is 0 Å². The van der Waals surface area contributed by atoms with Crippen LogP contribution in [0.3, 0.4) is 0 Å². The highest BCUT2D eigenvalue weighted by Gasteiger charge is 2.33. The van der Waals surface area contributed by atoms with Crippen molar-refractivity contribution >= 4 is 15.9 Å². The van der Waals surface area contributed by atoms with Gasteiger partial charge in [-0.25, -0.2) is 0 Å². The van der Waals surface area contributed by atoms with Crippen molar-refractivity contribution in [1.29, 1.82) is 0 Å². The van der Waals surface area contributed by atoms with Crippen molar-refractivity contribution in [3.63, 3.8) is 0 Å². The van der Waals surface area contributed by atoms with E-state index in [0.29, 0.717) is 6.04 Å². The molecule has 17 heavy (non-hydrogen) atoms. The molecule has 92 valence electrons. The van der Waals surface area contributed by atoms with Crippen LogP contribution in [0.15, 0.2) is 28.7 Å². The summed E-state index contributed by atoms with van der Waals surface area (Å²) in [5.74, 6) is 0. The third kappa shape index (κ3) is 2.30. The SMILES string of the molecule is Brc1ccccc1C1CCCC2CCCCN21. The Kier molecular flexibility index (Phi) is 3.53. The summed E-state index contributed by atoms with van der Waals surface area (Å²) in [6.45, 7) is 1.30. The second-order valence-corrected chi connectivity index (χ2v) is 6.21. The van der Waals surface area contributed by atoms with Crippen LogP contribution in [0.4, 0.5) is 0 Å². The zero-order valence-electron chi connectivity index (χ0n) is 10.2. The van der Waals surface area contributed by atoms with Gasteiger partial charge in [-0.3, -0.25) is 4.90 Å². The van der Waals surface area contributed by atoms with Crippen molar-refractivity contribution in [1.82, 2.24) is 4.90 Å². The summed E-state index contributed by atoms with van der Waals surface area (Å²) in [6.07, 6.45) is 8.38. The maximum Gasteiger partial charge on any atom is 0.0362 e. The molecule has 1 nitrogen and oxygen atoms in total. The molecule has 2 heteroatoms. The lowest BCUT2D eigenvalue weighted by Crippen LogP contribution is -2.44. The van der Waals surface area contributed by atoms with Crippen LogP contribution in [0, 0.1) is 0 Å². The minimum atomic E-state index is 0.657. The molecule has 0 N–H and O–H groups in total. The Bertz CT molecular complexity index is 388. The highest BCUT2D eigenvalue weighted by Crippen LogP contribution is 2.40. The van der Waals surface area contributed by atoms with Crippen molar-refractivity contribution < 1.29 is 0 Å². The smallest absolute Gasteiger partial charge is 0.0362 e. The van der Waals surface area contributed by atoms with E-state index in [9.17, 15) is 0 Å². The maximum absolute atomic E-state index is 3.72. The van der Waals surface area contributed by atoms with Gasteiger partial charge in [-0.2, -0.15) is 0 Å². The largest absolute Gasteiger partial charge is 0.293 e. The Balaban J connectivity index is 1.88. The van der Waals surface area contributed by atoms with Gasteiger partial charge in [-0.05, 0) is 50.3 Å². The fourth-order valence-corrected chi connectivity index (χ4v) is 4.08. The molecule has 1 aromatic rings. The summed E-state index contributed by atoms with van der Waals surface area (Å²) in [4.78, 5) is 2.77. The normalized spacial score (nSPS) is 29.9. The van der Waals surface area contributed by atoms with Gasteiger partial charge >= 0.3 is 0 Å². The zero-order chi connectivity index (χ0) is 11.7. The molecule has 2 heterocycles. The molecular formula is C15H20BrN. The van der Waals surface area contributed by atoms with Gasteiger partial charge in [0.05, 0.1) is 0 Å². The zero-order valence-corrected chi connectivity index (χ0v) is 11.8. The molecule has 0 spiro atoms. The van der Waals surface area contributed by atoms with E-state index in [1.54, 1.807) is 0 Å². The minimum Gasteiger partial charge on any atom is -0.293 e. The first kappa shape index (κ1) is 11.7. The Labute approximate surface area is 112 Å². The Morgan fingerprint density at radius 3 is 2.71 bits per heavy atom. The average Bonchev–Trinajstić information content (AvgIpc) is 2.39. The van der Waals surface area contributed by atoms with Crippen LogP contribution in [-0.4, -0.2) is 17.5 Å². The van der Waals surface area contributed by atoms with E-state index in [0.717, 1.165) is 6.04 Å². The van der Waals surface area contributed by atoms with Crippen molar-refractivity contribution in [3.8, 4) is 0 Å². The lowest BCUT2D eigenvalue weighted by atomic mass is 9.86. The average molecular weight is 294 g/mol. The minimum absolute atomic E-state index is 0.657. The van der Waals surface area contributed by atoms with Gasteiger partial charge in [0.25, 0.3) is 0 Å². The van der Waals surface area contributed by atoms with Crippen LogP contribution in [0.1, 0.15) is 50.1 Å². The van der Waals surface area contributed by atoms with Gasteiger partial charge < -0.3 is 0 Å². The first-order valence-corrected chi connectivity index (χ1v) is 7.66. The van der Waals surface area contributed by atoms with Crippen molar-refractivity contribution in [2.45, 2.75) is 50.6 Å². The van der Waals surface area contributed by atoms with Crippen LogP contribution in [0.2, 0.25) is 0 Å². The van der Waals surface area contributed by atoms with Crippen LogP contribution in [0.5, 0.6) is 0 Å². The second-order valence-electron chi connectivity index (χ2n) is 5.36. The van der Waals surface area contributed by atoms with Gasteiger partial charge in [0, 0.05) is 16.6 Å². The first-order valence-electron chi connectivity index (χ1n) is 6.86. The fraction of sp³-hybridized carbons (Fsp3) is 0.600. The van der Waals surface area contributed by atoms with Crippen molar-refractivity contribution in [2.24, 2.45) is 0 Å². The molecule has 0 radical (unpaired) electrons. The van der Waals surface area contributed by atoms with Gasteiger partial charge in [-0.1, -0.05) is 40.5 Å². The number of benzene rings is 1. The highest BCUT2D eigenvalue weighted by atomic mass is 79.9.